The Morgan fingerprint density at radius 2 is 2.19 bits per heavy atom. The predicted molar refractivity (Wildman–Crippen MR) is 77.1 cm³/mol. The predicted octanol–water partition coefficient (Wildman–Crippen LogP) is 1.67. The maximum absolute atomic E-state index is 12.2. The summed E-state index contributed by atoms with van der Waals surface area (Å²) in [5.41, 5.74) is 0.966. The topological polar surface area (TPSA) is 94.6 Å². The number of aromatic hydroxyl groups is 1. The second kappa shape index (κ2) is 4.73. The van der Waals surface area contributed by atoms with E-state index in [-0.39, 0.29) is 16.9 Å². The second-order valence-electron chi connectivity index (χ2n) is 5.10. The minimum atomic E-state index is -0.517. The number of benzene rings is 1. The molecule has 1 aliphatic rings. The Morgan fingerprint density at radius 3 is 2.86 bits per heavy atom. The molecule has 1 aromatic heterocycles. The zero-order valence-electron chi connectivity index (χ0n) is 11.5. The molecular formula is C15H14N2O4. The molecule has 2 heterocycles. The first-order chi connectivity index (χ1) is 10.0. The van der Waals surface area contributed by atoms with Crippen LogP contribution in [0.3, 0.4) is 0 Å². The molecule has 1 aliphatic heterocycles. The van der Waals surface area contributed by atoms with E-state index in [1.165, 1.54) is 6.07 Å². The number of hydrogen-bond donors (Lipinski definition) is 2. The van der Waals surface area contributed by atoms with E-state index in [1.807, 2.05) is 0 Å². The SMILES string of the molecule is CC(=N)N1CCc2c(c(=O)oc3c(C=O)c(O)ccc23)C1. The minimum absolute atomic E-state index is 0.00179. The number of carbonyl (C=O) groups is 1. The van der Waals surface area contributed by atoms with E-state index in [1.54, 1.807) is 17.9 Å². The van der Waals surface area contributed by atoms with Crippen molar-refractivity contribution in [3.05, 3.63) is 39.2 Å². The number of phenols is 1. The van der Waals surface area contributed by atoms with Gasteiger partial charge in [0, 0.05) is 11.9 Å². The third-order valence-corrected chi connectivity index (χ3v) is 3.88. The Labute approximate surface area is 120 Å². The van der Waals surface area contributed by atoms with Crippen LogP contribution in [0, 0.1) is 5.41 Å². The molecule has 0 spiro atoms. The van der Waals surface area contributed by atoms with Crippen molar-refractivity contribution in [1.82, 2.24) is 4.90 Å². The smallest absolute Gasteiger partial charge is 0.341 e. The van der Waals surface area contributed by atoms with E-state index < -0.39 is 5.63 Å². The number of rotatable bonds is 1. The number of phenolic OH excluding ortho intramolecular Hbond substituents is 1. The van der Waals surface area contributed by atoms with Crippen molar-refractivity contribution in [2.75, 3.05) is 6.54 Å². The van der Waals surface area contributed by atoms with Crippen LogP contribution < -0.4 is 5.63 Å². The molecule has 0 saturated carbocycles. The van der Waals surface area contributed by atoms with Crippen molar-refractivity contribution in [2.24, 2.45) is 0 Å². The average molecular weight is 286 g/mol. The molecule has 1 aromatic carbocycles. The lowest BCUT2D eigenvalue weighted by Crippen LogP contribution is -2.36. The van der Waals surface area contributed by atoms with Gasteiger partial charge in [0.2, 0.25) is 0 Å². The van der Waals surface area contributed by atoms with Crippen LogP contribution in [0.2, 0.25) is 0 Å². The van der Waals surface area contributed by atoms with Crippen LogP contribution in [0.4, 0.5) is 0 Å². The molecule has 21 heavy (non-hydrogen) atoms. The fraction of sp³-hybridized carbons (Fsp3) is 0.267. The van der Waals surface area contributed by atoms with Gasteiger partial charge in [0.05, 0.1) is 23.5 Å². The van der Waals surface area contributed by atoms with Crippen LogP contribution in [-0.2, 0) is 13.0 Å². The summed E-state index contributed by atoms with van der Waals surface area (Å²) in [7, 11) is 0. The molecular weight excluding hydrogens is 272 g/mol. The van der Waals surface area contributed by atoms with Gasteiger partial charge < -0.3 is 14.4 Å². The Kier molecular flexibility index (Phi) is 3.01. The van der Waals surface area contributed by atoms with Crippen LogP contribution in [0.1, 0.15) is 28.4 Å². The molecule has 6 heteroatoms. The lowest BCUT2D eigenvalue weighted by molar-refractivity contribution is 0.112. The molecule has 0 fully saturated rings. The monoisotopic (exact) mass is 286 g/mol. The number of carbonyl (C=O) groups excluding carboxylic acids is 1. The van der Waals surface area contributed by atoms with E-state index >= 15 is 0 Å². The second-order valence-corrected chi connectivity index (χ2v) is 5.10. The molecule has 3 rings (SSSR count). The van der Waals surface area contributed by atoms with Crippen molar-refractivity contribution in [2.45, 2.75) is 19.9 Å². The van der Waals surface area contributed by atoms with Crippen molar-refractivity contribution in [3.63, 3.8) is 0 Å². The van der Waals surface area contributed by atoms with Crippen molar-refractivity contribution in [1.29, 1.82) is 5.41 Å². The number of amidine groups is 1. The van der Waals surface area contributed by atoms with E-state index in [0.29, 0.717) is 42.6 Å². The summed E-state index contributed by atoms with van der Waals surface area (Å²) in [6, 6.07) is 3.09. The average Bonchev–Trinajstić information content (AvgIpc) is 2.47. The lowest BCUT2D eigenvalue weighted by atomic mass is 9.96. The molecule has 0 radical (unpaired) electrons. The van der Waals surface area contributed by atoms with Gasteiger partial charge in [0.15, 0.2) is 11.9 Å². The van der Waals surface area contributed by atoms with E-state index in [9.17, 15) is 14.7 Å². The Balaban J connectivity index is 2.29. The quantitative estimate of drug-likeness (QED) is 0.360. The lowest BCUT2D eigenvalue weighted by Gasteiger charge is -2.29. The van der Waals surface area contributed by atoms with E-state index in [4.69, 9.17) is 9.83 Å². The molecule has 0 atom stereocenters. The van der Waals surface area contributed by atoms with Gasteiger partial charge in [0.25, 0.3) is 0 Å². The summed E-state index contributed by atoms with van der Waals surface area (Å²) in [5.74, 6) is 0.202. The molecule has 6 nitrogen and oxygen atoms in total. The minimum Gasteiger partial charge on any atom is -0.507 e. The first kappa shape index (κ1) is 13.4. The molecule has 2 N–H and O–H groups in total. The van der Waals surface area contributed by atoms with Gasteiger partial charge in [-0.25, -0.2) is 4.79 Å². The summed E-state index contributed by atoms with van der Waals surface area (Å²) >= 11 is 0. The highest BCUT2D eigenvalue weighted by Crippen LogP contribution is 2.30. The Bertz CT molecular complexity index is 823. The van der Waals surface area contributed by atoms with Crippen molar-refractivity contribution < 1.29 is 14.3 Å². The molecule has 0 aliphatic carbocycles. The van der Waals surface area contributed by atoms with Gasteiger partial charge in [0.1, 0.15) is 5.75 Å². The van der Waals surface area contributed by atoms with E-state index in [0.717, 1.165) is 5.56 Å². The van der Waals surface area contributed by atoms with Crippen LogP contribution in [0.5, 0.6) is 5.75 Å². The van der Waals surface area contributed by atoms with Gasteiger partial charge in [-0.15, -0.1) is 0 Å². The third kappa shape index (κ3) is 1.99. The highest BCUT2D eigenvalue weighted by molar-refractivity contribution is 5.98. The maximum Gasteiger partial charge on any atom is 0.341 e. The normalized spacial score (nSPS) is 14.0. The fourth-order valence-corrected chi connectivity index (χ4v) is 2.74. The maximum atomic E-state index is 12.2. The highest BCUT2D eigenvalue weighted by atomic mass is 16.4. The number of aldehydes is 1. The Morgan fingerprint density at radius 1 is 1.43 bits per heavy atom. The number of fused-ring (bicyclic) bond motifs is 3. The molecule has 108 valence electrons. The van der Waals surface area contributed by atoms with E-state index in [2.05, 4.69) is 0 Å². The molecule has 0 unspecified atom stereocenters. The van der Waals surface area contributed by atoms with Crippen LogP contribution in [0.25, 0.3) is 11.0 Å². The zero-order valence-corrected chi connectivity index (χ0v) is 11.5. The largest absolute Gasteiger partial charge is 0.507 e. The molecule has 2 aromatic rings. The van der Waals surface area contributed by atoms with Crippen LogP contribution in [0.15, 0.2) is 21.3 Å². The summed E-state index contributed by atoms with van der Waals surface area (Å²) in [5, 5.41) is 18.0. The fourth-order valence-electron chi connectivity index (χ4n) is 2.74. The van der Waals surface area contributed by atoms with Gasteiger partial charge in [-0.05, 0) is 31.0 Å². The van der Waals surface area contributed by atoms with Gasteiger partial charge >= 0.3 is 5.63 Å². The summed E-state index contributed by atoms with van der Waals surface area (Å²) < 4.78 is 5.25. The van der Waals surface area contributed by atoms with Gasteiger partial charge in [-0.1, -0.05) is 0 Å². The molecule has 0 amide bonds. The first-order valence-electron chi connectivity index (χ1n) is 6.58. The number of nitrogens with one attached hydrogen (secondary N) is 1. The summed E-state index contributed by atoms with van der Waals surface area (Å²) in [6.07, 6.45) is 1.08. The van der Waals surface area contributed by atoms with Crippen LogP contribution in [-0.4, -0.2) is 28.7 Å². The van der Waals surface area contributed by atoms with Gasteiger partial charge in [-0.2, -0.15) is 0 Å². The van der Waals surface area contributed by atoms with Crippen molar-refractivity contribution >= 4 is 23.1 Å². The van der Waals surface area contributed by atoms with Gasteiger partial charge in [-0.3, -0.25) is 10.2 Å². The van der Waals surface area contributed by atoms with Crippen LogP contribution >= 0.6 is 0 Å². The number of nitrogens with zero attached hydrogens (tertiary/aromatic N) is 1. The first-order valence-corrected chi connectivity index (χ1v) is 6.58. The molecule has 0 saturated heterocycles. The zero-order chi connectivity index (χ0) is 15.1. The highest BCUT2D eigenvalue weighted by Gasteiger charge is 2.24. The summed E-state index contributed by atoms with van der Waals surface area (Å²) in [6.45, 7) is 2.65. The Hall–Kier alpha value is -2.63. The standard InChI is InChI=1S/C15H14N2O4/c1-8(16)17-5-4-9-10-2-3-13(19)12(7-18)14(10)21-15(20)11(9)6-17/h2-3,7,16,19H,4-6H2,1H3. The number of hydrogen-bond acceptors (Lipinski definition) is 5. The molecule has 0 bridgehead atoms. The van der Waals surface area contributed by atoms with Crippen molar-refractivity contribution in [3.8, 4) is 5.75 Å². The third-order valence-electron chi connectivity index (χ3n) is 3.88. The summed E-state index contributed by atoms with van der Waals surface area (Å²) in [4.78, 5) is 25.1.